The summed E-state index contributed by atoms with van der Waals surface area (Å²) in [5.41, 5.74) is -0.262. The standard InChI is InChI=1S/C11H19N5O3S2/c1-11(2,3)16-10(13-14-15-16)20-6-9(17)12-8-4-5-21(18,19)7-8/h8H,4-7H2,1-3H3,(H,12,17)/t8-/m0/s1. The van der Waals surface area contributed by atoms with Gasteiger partial charge in [-0.25, -0.2) is 13.1 Å². The van der Waals surface area contributed by atoms with Crippen molar-refractivity contribution >= 4 is 27.5 Å². The van der Waals surface area contributed by atoms with Crippen molar-refractivity contribution in [1.82, 2.24) is 25.5 Å². The van der Waals surface area contributed by atoms with Crippen LogP contribution in [0.4, 0.5) is 0 Å². The number of hydrogen-bond acceptors (Lipinski definition) is 7. The molecule has 1 aromatic rings. The molecule has 1 N–H and O–H groups in total. The zero-order valence-corrected chi connectivity index (χ0v) is 13.9. The SMILES string of the molecule is CC(C)(C)n1nnnc1SCC(=O)N[C@H]1CCS(=O)(=O)C1. The van der Waals surface area contributed by atoms with Crippen LogP contribution in [0.5, 0.6) is 0 Å². The van der Waals surface area contributed by atoms with Crippen molar-refractivity contribution in [3.05, 3.63) is 0 Å². The van der Waals surface area contributed by atoms with Crippen LogP contribution < -0.4 is 5.32 Å². The Morgan fingerprint density at radius 3 is 2.76 bits per heavy atom. The van der Waals surface area contributed by atoms with Crippen LogP contribution in [0.15, 0.2) is 5.16 Å². The van der Waals surface area contributed by atoms with E-state index in [0.717, 1.165) is 0 Å². The minimum Gasteiger partial charge on any atom is -0.352 e. The fourth-order valence-electron chi connectivity index (χ4n) is 2.00. The highest BCUT2D eigenvalue weighted by Gasteiger charge is 2.29. The molecule has 1 saturated heterocycles. The van der Waals surface area contributed by atoms with E-state index < -0.39 is 9.84 Å². The van der Waals surface area contributed by atoms with Gasteiger partial charge in [-0.15, -0.1) is 5.10 Å². The summed E-state index contributed by atoms with van der Waals surface area (Å²) >= 11 is 1.24. The van der Waals surface area contributed by atoms with E-state index in [0.29, 0.717) is 11.6 Å². The maximum absolute atomic E-state index is 11.9. The summed E-state index contributed by atoms with van der Waals surface area (Å²) in [7, 11) is -2.98. The van der Waals surface area contributed by atoms with E-state index in [-0.39, 0.29) is 34.7 Å². The Labute approximate surface area is 128 Å². The van der Waals surface area contributed by atoms with Gasteiger partial charge in [-0.1, -0.05) is 11.8 Å². The lowest BCUT2D eigenvalue weighted by atomic mass is 10.1. The summed E-state index contributed by atoms with van der Waals surface area (Å²) in [5, 5.41) is 14.7. The molecule has 0 aromatic carbocycles. The number of carbonyl (C=O) groups is 1. The first-order valence-electron chi connectivity index (χ1n) is 6.59. The Balaban J connectivity index is 1.87. The summed E-state index contributed by atoms with van der Waals surface area (Å²) in [6.07, 6.45) is 0.485. The van der Waals surface area contributed by atoms with Gasteiger partial charge in [-0.3, -0.25) is 4.79 Å². The molecule has 0 radical (unpaired) electrons. The van der Waals surface area contributed by atoms with E-state index in [4.69, 9.17) is 0 Å². The minimum absolute atomic E-state index is 0.0309. The third kappa shape index (κ3) is 4.40. The number of amides is 1. The van der Waals surface area contributed by atoms with Gasteiger partial charge in [0.25, 0.3) is 0 Å². The fraction of sp³-hybridized carbons (Fsp3) is 0.818. The highest BCUT2D eigenvalue weighted by molar-refractivity contribution is 7.99. The number of thioether (sulfide) groups is 1. The van der Waals surface area contributed by atoms with Crippen LogP contribution in [0.25, 0.3) is 0 Å². The quantitative estimate of drug-likeness (QED) is 0.762. The lowest BCUT2D eigenvalue weighted by molar-refractivity contribution is -0.119. The number of sulfone groups is 1. The van der Waals surface area contributed by atoms with Crippen molar-refractivity contribution < 1.29 is 13.2 Å². The lowest BCUT2D eigenvalue weighted by Crippen LogP contribution is -2.36. The summed E-state index contributed by atoms with van der Waals surface area (Å²) in [6, 6.07) is -0.276. The van der Waals surface area contributed by atoms with Gasteiger partial charge in [0.15, 0.2) is 9.84 Å². The average Bonchev–Trinajstić information content (AvgIpc) is 2.92. The Kier molecular flexibility index (Phi) is 4.57. The summed E-state index contributed by atoms with van der Waals surface area (Å²) in [6.45, 7) is 5.91. The zero-order chi connectivity index (χ0) is 15.7. The maximum Gasteiger partial charge on any atom is 0.230 e. The van der Waals surface area contributed by atoms with E-state index in [9.17, 15) is 13.2 Å². The van der Waals surface area contributed by atoms with E-state index >= 15 is 0 Å². The molecule has 1 fully saturated rings. The number of tetrazole rings is 1. The summed E-state index contributed by atoms with van der Waals surface area (Å²) < 4.78 is 24.3. The second kappa shape index (κ2) is 5.91. The predicted octanol–water partition coefficient (Wildman–Crippen LogP) is -0.176. The summed E-state index contributed by atoms with van der Waals surface area (Å²) in [5.74, 6) is 0.134. The van der Waals surface area contributed by atoms with Gasteiger partial charge in [0.05, 0.1) is 22.8 Å². The molecule has 1 aromatic heterocycles. The molecule has 2 rings (SSSR count). The third-order valence-corrected chi connectivity index (χ3v) is 5.69. The smallest absolute Gasteiger partial charge is 0.230 e. The minimum atomic E-state index is -2.98. The molecule has 2 heterocycles. The topological polar surface area (TPSA) is 107 Å². The van der Waals surface area contributed by atoms with Gasteiger partial charge in [0.1, 0.15) is 0 Å². The first kappa shape index (κ1) is 16.2. The largest absolute Gasteiger partial charge is 0.352 e. The highest BCUT2D eigenvalue weighted by atomic mass is 32.2. The zero-order valence-electron chi connectivity index (χ0n) is 12.2. The molecule has 118 valence electrons. The molecule has 1 aliphatic heterocycles. The van der Waals surface area contributed by atoms with E-state index in [1.807, 2.05) is 20.8 Å². The maximum atomic E-state index is 11.9. The molecule has 0 aliphatic carbocycles. The van der Waals surface area contributed by atoms with E-state index in [1.165, 1.54) is 11.8 Å². The van der Waals surface area contributed by atoms with E-state index in [1.54, 1.807) is 4.68 Å². The van der Waals surface area contributed by atoms with Crippen LogP contribution in [-0.4, -0.2) is 57.8 Å². The number of carbonyl (C=O) groups excluding carboxylic acids is 1. The highest BCUT2D eigenvalue weighted by Crippen LogP contribution is 2.21. The number of rotatable bonds is 4. The van der Waals surface area contributed by atoms with Crippen LogP contribution in [0.1, 0.15) is 27.2 Å². The van der Waals surface area contributed by atoms with Gasteiger partial charge >= 0.3 is 0 Å². The van der Waals surface area contributed by atoms with Crippen LogP contribution in [0.2, 0.25) is 0 Å². The van der Waals surface area contributed by atoms with Gasteiger partial charge in [0.2, 0.25) is 11.1 Å². The molecule has 0 unspecified atom stereocenters. The number of nitrogens with one attached hydrogen (secondary N) is 1. The Hall–Kier alpha value is -1.16. The van der Waals surface area contributed by atoms with Crippen LogP contribution in [-0.2, 0) is 20.2 Å². The van der Waals surface area contributed by atoms with Crippen molar-refractivity contribution in [2.45, 2.75) is 43.9 Å². The Morgan fingerprint density at radius 2 is 2.19 bits per heavy atom. The van der Waals surface area contributed by atoms with Crippen molar-refractivity contribution in [1.29, 1.82) is 0 Å². The molecular formula is C11H19N5O3S2. The van der Waals surface area contributed by atoms with Gasteiger partial charge in [0, 0.05) is 6.04 Å². The fourth-order valence-corrected chi connectivity index (χ4v) is 4.54. The molecule has 0 saturated carbocycles. The van der Waals surface area contributed by atoms with Crippen LogP contribution in [0, 0.1) is 0 Å². The van der Waals surface area contributed by atoms with Crippen LogP contribution >= 0.6 is 11.8 Å². The van der Waals surface area contributed by atoms with Crippen molar-refractivity contribution in [2.75, 3.05) is 17.3 Å². The van der Waals surface area contributed by atoms with Gasteiger partial charge in [-0.2, -0.15) is 0 Å². The number of hydrogen-bond donors (Lipinski definition) is 1. The Morgan fingerprint density at radius 1 is 1.48 bits per heavy atom. The van der Waals surface area contributed by atoms with E-state index in [2.05, 4.69) is 20.8 Å². The predicted molar refractivity (Wildman–Crippen MR) is 78.7 cm³/mol. The van der Waals surface area contributed by atoms with Gasteiger partial charge in [-0.05, 0) is 37.6 Å². The number of nitrogens with zero attached hydrogens (tertiary/aromatic N) is 4. The second-order valence-electron chi connectivity index (χ2n) is 6.00. The van der Waals surface area contributed by atoms with Crippen molar-refractivity contribution in [2.24, 2.45) is 0 Å². The average molecular weight is 333 g/mol. The molecular weight excluding hydrogens is 314 g/mol. The molecule has 10 heteroatoms. The number of aromatic nitrogens is 4. The third-order valence-electron chi connectivity index (χ3n) is 3.01. The lowest BCUT2D eigenvalue weighted by Gasteiger charge is -2.19. The molecule has 1 aliphatic rings. The first-order valence-corrected chi connectivity index (χ1v) is 9.39. The molecule has 0 spiro atoms. The normalized spacial score (nSPS) is 21.4. The van der Waals surface area contributed by atoms with Gasteiger partial charge < -0.3 is 5.32 Å². The molecule has 8 nitrogen and oxygen atoms in total. The summed E-state index contributed by atoms with van der Waals surface area (Å²) in [4.78, 5) is 11.9. The first-order chi connectivity index (χ1) is 9.67. The molecule has 1 atom stereocenters. The molecule has 1 amide bonds. The Bertz CT molecular complexity index is 620. The van der Waals surface area contributed by atoms with Crippen molar-refractivity contribution in [3.8, 4) is 0 Å². The van der Waals surface area contributed by atoms with Crippen LogP contribution in [0.3, 0.4) is 0 Å². The van der Waals surface area contributed by atoms with Crippen molar-refractivity contribution in [3.63, 3.8) is 0 Å². The molecule has 21 heavy (non-hydrogen) atoms. The second-order valence-corrected chi connectivity index (χ2v) is 9.17. The monoisotopic (exact) mass is 333 g/mol. The molecule has 0 bridgehead atoms.